The topological polar surface area (TPSA) is 30.8 Å². The van der Waals surface area contributed by atoms with E-state index in [0.717, 1.165) is 24.7 Å². The van der Waals surface area contributed by atoms with Gasteiger partial charge in [0.1, 0.15) is 12.4 Å². The number of nitrogens with zero attached hydrogens (tertiary/aromatic N) is 1. The van der Waals surface area contributed by atoms with Gasteiger partial charge in [-0.15, -0.1) is 0 Å². The predicted octanol–water partition coefficient (Wildman–Crippen LogP) is 2.69. The Balaban J connectivity index is 2.04. The number of methoxy groups -OCH3 is 1. The molecular formula is C14H19NO2. The van der Waals surface area contributed by atoms with Crippen LogP contribution < -0.4 is 4.74 Å². The summed E-state index contributed by atoms with van der Waals surface area (Å²) < 4.78 is 10.8. The largest absolute Gasteiger partial charge is 0.497 e. The molecule has 1 heterocycles. The van der Waals surface area contributed by atoms with Crippen molar-refractivity contribution >= 4 is 5.90 Å². The van der Waals surface area contributed by atoms with Crippen LogP contribution in [0.3, 0.4) is 0 Å². The van der Waals surface area contributed by atoms with Crippen molar-refractivity contribution < 1.29 is 9.47 Å². The lowest BCUT2D eigenvalue weighted by Crippen LogP contribution is -2.13. The summed E-state index contributed by atoms with van der Waals surface area (Å²) in [6.07, 6.45) is 0.750. The van der Waals surface area contributed by atoms with Gasteiger partial charge in [-0.1, -0.05) is 26.0 Å². The number of ether oxygens (including phenoxy) is 2. The summed E-state index contributed by atoms with van der Waals surface area (Å²) in [6.45, 7) is 5.06. The van der Waals surface area contributed by atoms with E-state index in [1.165, 1.54) is 5.56 Å². The van der Waals surface area contributed by atoms with Crippen LogP contribution in [0, 0.1) is 5.92 Å². The Morgan fingerprint density at radius 2 is 2.29 bits per heavy atom. The van der Waals surface area contributed by atoms with Crippen LogP contribution in [0.25, 0.3) is 0 Å². The second-order valence-corrected chi connectivity index (χ2v) is 4.67. The molecule has 0 bridgehead atoms. The minimum absolute atomic E-state index is 0.315. The third-order valence-electron chi connectivity index (χ3n) is 2.99. The Hall–Kier alpha value is -1.51. The summed E-state index contributed by atoms with van der Waals surface area (Å²) >= 11 is 0. The van der Waals surface area contributed by atoms with Gasteiger partial charge in [-0.2, -0.15) is 0 Å². The fourth-order valence-corrected chi connectivity index (χ4v) is 1.84. The molecule has 3 heteroatoms. The maximum absolute atomic E-state index is 5.61. The molecule has 92 valence electrons. The summed E-state index contributed by atoms with van der Waals surface area (Å²) in [6, 6.07) is 8.34. The van der Waals surface area contributed by atoms with Crippen LogP contribution in [0.2, 0.25) is 0 Å². The van der Waals surface area contributed by atoms with E-state index in [-0.39, 0.29) is 0 Å². The van der Waals surface area contributed by atoms with Gasteiger partial charge in [0.15, 0.2) is 5.90 Å². The molecule has 17 heavy (non-hydrogen) atoms. The SMILES string of the molecule is COc1cccc(CC2=N[C@@H](C(C)C)CO2)c1. The fraction of sp³-hybridized carbons (Fsp3) is 0.500. The van der Waals surface area contributed by atoms with Gasteiger partial charge in [0.25, 0.3) is 0 Å². The molecule has 0 fully saturated rings. The fourth-order valence-electron chi connectivity index (χ4n) is 1.84. The summed E-state index contributed by atoms with van der Waals surface area (Å²) in [5.41, 5.74) is 1.17. The Kier molecular flexibility index (Phi) is 3.67. The third kappa shape index (κ3) is 2.99. The lowest BCUT2D eigenvalue weighted by Gasteiger charge is -2.06. The van der Waals surface area contributed by atoms with Gasteiger partial charge >= 0.3 is 0 Å². The van der Waals surface area contributed by atoms with E-state index in [9.17, 15) is 0 Å². The first-order chi connectivity index (χ1) is 8.19. The molecule has 1 aliphatic rings. The van der Waals surface area contributed by atoms with Crippen molar-refractivity contribution in [2.24, 2.45) is 10.9 Å². The Morgan fingerprint density at radius 1 is 1.47 bits per heavy atom. The molecule has 0 unspecified atom stereocenters. The predicted molar refractivity (Wildman–Crippen MR) is 68.7 cm³/mol. The van der Waals surface area contributed by atoms with Gasteiger partial charge in [-0.3, -0.25) is 0 Å². The molecule has 1 aromatic rings. The van der Waals surface area contributed by atoms with Crippen molar-refractivity contribution in [1.29, 1.82) is 0 Å². The van der Waals surface area contributed by atoms with Crippen LogP contribution >= 0.6 is 0 Å². The average molecular weight is 233 g/mol. The van der Waals surface area contributed by atoms with E-state index < -0.39 is 0 Å². The van der Waals surface area contributed by atoms with E-state index in [1.807, 2.05) is 18.2 Å². The smallest absolute Gasteiger partial charge is 0.188 e. The van der Waals surface area contributed by atoms with E-state index in [0.29, 0.717) is 12.0 Å². The molecule has 1 aromatic carbocycles. The highest BCUT2D eigenvalue weighted by Gasteiger charge is 2.21. The normalized spacial score (nSPS) is 19.1. The van der Waals surface area contributed by atoms with Crippen LogP contribution in [0.4, 0.5) is 0 Å². The quantitative estimate of drug-likeness (QED) is 0.800. The highest BCUT2D eigenvalue weighted by molar-refractivity contribution is 5.80. The maximum Gasteiger partial charge on any atom is 0.188 e. The number of aliphatic imine (C=N–C) groups is 1. The number of hydrogen-bond acceptors (Lipinski definition) is 3. The highest BCUT2D eigenvalue weighted by atomic mass is 16.5. The molecule has 0 radical (unpaired) electrons. The van der Waals surface area contributed by atoms with E-state index in [4.69, 9.17) is 9.47 Å². The average Bonchev–Trinajstić information content (AvgIpc) is 2.78. The number of benzene rings is 1. The molecule has 0 aromatic heterocycles. The van der Waals surface area contributed by atoms with Gasteiger partial charge in [0.05, 0.1) is 13.2 Å². The monoisotopic (exact) mass is 233 g/mol. The van der Waals surface area contributed by atoms with Crippen LogP contribution in [-0.2, 0) is 11.2 Å². The molecule has 0 amide bonds. The molecule has 0 N–H and O–H groups in total. The van der Waals surface area contributed by atoms with Gasteiger partial charge in [-0.25, -0.2) is 4.99 Å². The molecule has 1 aliphatic heterocycles. The van der Waals surface area contributed by atoms with Crippen LogP contribution in [-0.4, -0.2) is 25.7 Å². The van der Waals surface area contributed by atoms with Gasteiger partial charge in [-0.05, 0) is 23.6 Å². The maximum atomic E-state index is 5.61. The molecule has 0 saturated heterocycles. The lowest BCUT2D eigenvalue weighted by molar-refractivity contribution is 0.287. The Bertz CT molecular complexity index is 412. The first-order valence-electron chi connectivity index (χ1n) is 6.01. The molecule has 1 atom stereocenters. The summed E-state index contributed by atoms with van der Waals surface area (Å²) in [4.78, 5) is 4.59. The van der Waals surface area contributed by atoms with Gasteiger partial charge in [0.2, 0.25) is 0 Å². The van der Waals surface area contributed by atoms with E-state index in [2.05, 4.69) is 24.9 Å². The second-order valence-electron chi connectivity index (χ2n) is 4.67. The number of hydrogen-bond donors (Lipinski definition) is 0. The van der Waals surface area contributed by atoms with E-state index >= 15 is 0 Å². The Labute approximate surface area is 102 Å². The van der Waals surface area contributed by atoms with Crippen molar-refractivity contribution in [2.45, 2.75) is 26.3 Å². The molecule has 3 nitrogen and oxygen atoms in total. The first kappa shape index (κ1) is 12.0. The molecular weight excluding hydrogens is 214 g/mol. The van der Waals surface area contributed by atoms with Crippen LogP contribution in [0.5, 0.6) is 5.75 Å². The van der Waals surface area contributed by atoms with Crippen molar-refractivity contribution in [3.05, 3.63) is 29.8 Å². The minimum atomic E-state index is 0.315. The number of rotatable bonds is 4. The van der Waals surface area contributed by atoms with Crippen molar-refractivity contribution in [1.82, 2.24) is 0 Å². The summed E-state index contributed by atoms with van der Waals surface area (Å²) in [5, 5.41) is 0. The van der Waals surface area contributed by atoms with Crippen LogP contribution in [0.1, 0.15) is 19.4 Å². The highest BCUT2D eigenvalue weighted by Crippen LogP contribution is 2.18. The zero-order chi connectivity index (χ0) is 12.3. The van der Waals surface area contributed by atoms with Crippen molar-refractivity contribution in [3.63, 3.8) is 0 Å². The van der Waals surface area contributed by atoms with Crippen LogP contribution in [0.15, 0.2) is 29.3 Å². The summed E-state index contributed by atoms with van der Waals surface area (Å²) in [5.74, 6) is 2.26. The second kappa shape index (κ2) is 5.21. The van der Waals surface area contributed by atoms with Crippen molar-refractivity contribution in [3.8, 4) is 5.75 Å². The van der Waals surface area contributed by atoms with Gasteiger partial charge < -0.3 is 9.47 Å². The molecule has 0 spiro atoms. The molecule has 0 saturated carbocycles. The summed E-state index contributed by atoms with van der Waals surface area (Å²) in [7, 11) is 1.68. The standard InChI is InChI=1S/C14H19NO2/c1-10(2)13-9-17-14(15-13)8-11-5-4-6-12(7-11)16-3/h4-7,10,13H,8-9H2,1-3H3/t13-/m1/s1. The van der Waals surface area contributed by atoms with E-state index in [1.54, 1.807) is 7.11 Å². The van der Waals surface area contributed by atoms with Crippen molar-refractivity contribution in [2.75, 3.05) is 13.7 Å². The third-order valence-corrected chi connectivity index (χ3v) is 2.99. The van der Waals surface area contributed by atoms with Gasteiger partial charge in [0, 0.05) is 6.42 Å². The Morgan fingerprint density at radius 3 is 2.94 bits per heavy atom. The first-order valence-corrected chi connectivity index (χ1v) is 6.01. The zero-order valence-corrected chi connectivity index (χ0v) is 10.6. The molecule has 2 rings (SSSR count). The minimum Gasteiger partial charge on any atom is -0.497 e. The lowest BCUT2D eigenvalue weighted by atomic mass is 10.1. The molecule has 0 aliphatic carbocycles. The zero-order valence-electron chi connectivity index (χ0n) is 10.6.